The van der Waals surface area contributed by atoms with Crippen LogP contribution in [-0.2, 0) is 0 Å². The van der Waals surface area contributed by atoms with Crippen molar-refractivity contribution in [3.05, 3.63) is 35.2 Å². The van der Waals surface area contributed by atoms with Gasteiger partial charge in [0.15, 0.2) is 0 Å². The average Bonchev–Trinajstić information content (AvgIpc) is 2.91. The van der Waals surface area contributed by atoms with E-state index in [0.29, 0.717) is 12.0 Å². The first-order valence-corrected chi connectivity index (χ1v) is 8.63. The largest absolute Gasteiger partial charge is 0.330 e. The SMILES string of the molecule is CCCN1CCCC(CN)C1c1csc2ccccc12. The average molecular weight is 288 g/mol. The molecule has 2 unspecified atom stereocenters. The molecule has 3 heteroatoms. The second-order valence-corrected chi connectivity index (χ2v) is 6.72. The number of rotatable bonds is 4. The van der Waals surface area contributed by atoms with Gasteiger partial charge in [-0.3, -0.25) is 4.90 Å². The maximum absolute atomic E-state index is 6.08. The first kappa shape index (κ1) is 14.1. The number of benzene rings is 1. The molecule has 2 nitrogen and oxygen atoms in total. The molecule has 108 valence electrons. The minimum Gasteiger partial charge on any atom is -0.330 e. The molecule has 0 radical (unpaired) electrons. The van der Waals surface area contributed by atoms with Crippen molar-refractivity contribution < 1.29 is 0 Å². The van der Waals surface area contributed by atoms with Crippen LogP contribution in [0, 0.1) is 5.92 Å². The molecule has 3 rings (SSSR count). The third kappa shape index (κ3) is 2.50. The van der Waals surface area contributed by atoms with Crippen molar-refractivity contribution in [3.8, 4) is 0 Å². The molecule has 2 N–H and O–H groups in total. The molecule has 0 aliphatic carbocycles. The molecule has 0 bridgehead atoms. The summed E-state index contributed by atoms with van der Waals surface area (Å²) in [6.07, 6.45) is 3.78. The van der Waals surface area contributed by atoms with Crippen LogP contribution >= 0.6 is 11.3 Å². The third-order valence-electron chi connectivity index (χ3n) is 4.50. The number of nitrogens with zero attached hydrogens (tertiary/aromatic N) is 1. The smallest absolute Gasteiger partial charge is 0.0402 e. The Hall–Kier alpha value is -0.900. The maximum Gasteiger partial charge on any atom is 0.0402 e. The lowest BCUT2D eigenvalue weighted by molar-refractivity contribution is 0.0973. The van der Waals surface area contributed by atoms with Crippen LogP contribution in [0.25, 0.3) is 10.1 Å². The fourth-order valence-electron chi connectivity index (χ4n) is 3.61. The van der Waals surface area contributed by atoms with Gasteiger partial charge >= 0.3 is 0 Å². The Morgan fingerprint density at radius 2 is 2.20 bits per heavy atom. The summed E-state index contributed by atoms with van der Waals surface area (Å²) in [4.78, 5) is 2.66. The second kappa shape index (κ2) is 6.25. The zero-order valence-electron chi connectivity index (χ0n) is 12.2. The predicted molar refractivity (Wildman–Crippen MR) is 88.2 cm³/mol. The van der Waals surface area contributed by atoms with Crippen LogP contribution in [0.1, 0.15) is 37.8 Å². The minimum atomic E-state index is 0.518. The first-order valence-electron chi connectivity index (χ1n) is 7.75. The molecule has 0 spiro atoms. The van der Waals surface area contributed by atoms with E-state index in [1.54, 1.807) is 0 Å². The van der Waals surface area contributed by atoms with Gasteiger partial charge in [-0.2, -0.15) is 0 Å². The zero-order chi connectivity index (χ0) is 13.9. The summed E-state index contributed by atoms with van der Waals surface area (Å²) in [5, 5.41) is 3.80. The number of piperidine rings is 1. The Labute approximate surface area is 125 Å². The highest BCUT2D eigenvalue weighted by atomic mass is 32.1. The Balaban J connectivity index is 2.02. The van der Waals surface area contributed by atoms with E-state index in [4.69, 9.17) is 5.73 Å². The van der Waals surface area contributed by atoms with E-state index < -0.39 is 0 Å². The van der Waals surface area contributed by atoms with Crippen LogP contribution in [0.15, 0.2) is 29.6 Å². The molecule has 1 aliphatic heterocycles. The summed E-state index contributed by atoms with van der Waals surface area (Å²) in [5.41, 5.74) is 7.59. The van der Waals surface area contributed by atoms with Gasteiger partial charge in [0.1, 0.15) is 0 Å². The van der Waals surface area contributed by atoms with Gasteiger partial charge in [-0.15, -0.1) is 11.3 Å². The summed E-state index contributed by atoms with van der Waals surface area (Å²) in [6.45, 7) is 5.48. The molecule has 20 heavy (non-hydrogen) atoms. The molecule has 2 heterocycles. The van der Waals surface area contributed by atoms with Crippen LogP contribution in [0.4, 0.5) is 0 Å². The number of hydrogen-bond donors (Lipinski definition) is 1. The number of fused-ring (bicyclic) bond motifs is 1. The van der Waals surface area contributed by atoms with Gasteiger partial charge in [0.2, 0.25) is 0 Å². The Morgan fingerprint density at radius 3 is 3.00 bits per heavy atom. The highest BCUT2D eigenvalue weighted by Gasteiger charge is 2.32. The number of hydrogen-bond acceptors (Lipinski definition) is 3. The number of nitrogens with two attached hydrogens (primary N) is 1. The van der Waals surface area contributed by atoms with Crippen molar-refractivity contribution >= 4 is 21.4 Å². The van der Waals surface area contributed by atoms with Gasteiger partial charge in [0, 0.05) is 10.7 Å². The lowest BCUT2D eigenvalue weighted by Crippen LogP contribution is -2.41. The monoisotopic (exact) mass is 288 g/mol. The van der Waals surface area contributed by atoms with Crippen molar-refractivity contribution in [2.75, 3.05) is 19.6 Å². The molecule has 0 amide bonds. The quantitative estimate of drug-likeness (QED) is 0.920. The zero-order valence-corrected chi connectivity index (χ0v) is 13.0. The standard InChI is InChI=1S/C17H24N2S/c1-2-9-19-10-5-6-13(11-18)17(19)15-12-20-16-8-4-3-7-14(15)16/h3-4,7-8,12-13,17H,2,5-6,9-11,18H2,1H3. The summed E-state index contributed by atoms with van der Waals surface area (Å²) in [5.74, 6) is 0.605. The second-order valence-electron chi connectivity index (χ2n) is 5.81. The van der Waals surface area contributed by atoms with E-state index >= 15 is 0 Å². The molecular formula is C17H24N2S. The van der Waals surface area contributed by atoms with E-state index in [2.05, 4.69) is 41.5 Å². The summed E-state index contributed by atoms with van der Waals surface area (Å²) in [7, 11) is 0. The van der Waals surface area contributed by atoms with Crippen LogP contribution in [0.3, 0.4) is 0 Å². The van der Waals surface area contributed by atoms with Crippen molar-refractivity contribution in [3.63, 3.8) is 0 Å². The molecule has 2 aromatic rings. The summed E-state index contributed by atoms with van der Waals surface area (Å²) in [6, 6.07) is 9.31. The lowest BCUT2D eigenvalue weighted by Gasteiger charge is -2.41. The van der Waals surface area contributed by atoms with E-state index in [-0.39, 0.29) is 0 Å². The molecule has 0 saturated carbocycles. The minimum absolute atomic E-state index is 0.518. The van der Waals surface area contributed by atoms with Gasteiger partial charge in [-0.25, -0.2) is 0 Å². The van der Waals surface area contributed by atoms with E-state index in [0.717, 1.165) is 6.54 Å². The molecule has 1 saturated heterocycles. The molecule has 1 aliphatic rings. The highest BCUT2D eigenvalue weighted by Crippen LogP contribution is 2.40. The van der Waals surface area contributed by atoms with Gasteiger partial charge in [0.25, 0.3) is 0 Å². The summed E-state index contributed by atoms with van der Waals surface area (Å²) < 4.78 is 1.40. The Bertz CT molecular complexity index is 561. The topological polar surface area (TPSA) is 29.3 Å². The molecule has 1 fully saturated rings. The fourth-order valence-corrected chi connectivity index (χ4v) is 4.60. The van der Waals surface area contributed by atoms with E-state index in [1.165, 1.54) is 48.0 Å². The maximum atomic E-state index is 6.08. The third-order valence-corrected chi connectivity index (χ3v) is 5.49. The van der Waals surface area contributed by atoms with Gasteiger partial charge in [-0.1, -0.05) is 25.1 Å². The fraction of sp³-hybridized carbons (Fsp3) is 0.529. The van der Waals surface area contributed by atoms with Crippen molar-refractivity contribution in [2.24, 2.45) is 11.7 Å². The molecule has 1 aromatic heterocycles. The van der Waals surface area contributed by atoms with Gasteiger partial charge < -0.3 is 5.73 Å². The van der Waals surface area contributed by atoms with Crippen LogP contribution in [0.2, 0.25) is 0 Å². The normalized spacial score (nSPS) is 24.3. The van der Waals surface area contributed by atoms with Gasteiger partial charge in [-0.05, 0) is 67.2 Å². The molecular weight excluding hydrogens is 264 g/mol. The van der Waals surface area contributed by atoms with E-state index in [9.17, 15) is 0 Å². The van der Waals surface area contributed by atoms with Crippen molar-refractivity contribution in [2.45, 2.75) is 32.2 Å². The van der Waals surface area contributed by atoms with Crippen molar-refractivity contribution in [1.29, 1.82) is 0 Å². The van der Waals surface area contributed by atoms with Gasteiger partial charge in [0.05, 0.1) is 0 Å². The highest BCUT2D eigenvalue weighted by molar-refractivity contribution is 7.17. The Morgan fingerprint density at radius 1 is 1.35 bits per heavy atom. The molecule has 1 aromatic carbocycles. The number of likely N-dealkylation sites (tertiary alicyclic amines) is 1. The molecule has 2 atom stereocenters. The first-order chi connectivity index (χ1) is 9.85. The van der Waals surface area contributed by atoms with Crippen molar-refractivity contribution in [1.82, 2.24) is 4.90 Å². The van der Waals surface area contributed by atoms with E-state index in [1.807, 2.05) is 11.3 Å². The summed E-state index contributed by atoms with van der Waals surface area (Å²) >= 11 is 1.87. The predicted octanol–water partition coefficient (Wildman–Crippen LogP) is 4.02. The van der Waals surface area contributed by atoms with Crippen LogP contribution < -0.4 is 5.73 Å². The lowest BCUT2D eigenvalue weighted by atomic mass is 9.84. The number of thiophene rings is 1. The van der Waals surface area contributed by atoms with Crippen LogP contribution in [-0.4, -0.2) is 24.5 Å². The Kier molecular flexibility index (Phi) is 4.39. The van der Waals surface area contributed by atoms with Crippen LogP contribution in [0.5, 0.6) is 0 Å².